The lowest BCUT2D eigenvalue weighted by atomic mass is 10.3. The Morgan fingerprint density at radius 2 is 1.94 bits per heavy atom. The summed E-state index contributed by atoms with van der Waals surface area (Å²) >= 11 is 0. The number of hydrogen-bond donors (Lipinski definition) is 1. The molecule has 0 saturated heterocycles. The van der Waals surface area contributed by atoms with Crippen molar-refractivity contribution in [3.05, 3.63) is 72.0 Å². The third kappa shape index (κ3) is 3.91. The quantitative estimate of drug-likeness (QED) is 0.456. The molecule has 10 heteroatoms. The minimum atomic E-state index is -3.88. The molecule has 0 aliphatic heterocycles. The number of furan rings is 2. The standard InChI is InChI=1S/C21H18N4O5S/c1-14-19(31(26,27)25(2)15-7-4-3-5-8-15)11-18(29-14)21-24-17(12-22)20(30-21)23-13-16-9-6-10-28-16/h3-11,23H,13H2,1-2H3. The van der Waals surface area contributed by atoms with Crippen molar-refractivity contribution >= 4 is 21.6 Å². The number of aromatic nitrogens is 1. The number of anilines is 2. The van der Waals surface area contributed by atoms with E-state index in [0.717, 1.165) is 0 Å². The van der Waals surface area contributed by atoms with E-state index in [4.69, 9.17) is 13.3 Å². The molecule has 0 aliphatic carbocycles. The Bertz CT molecular complexity index is 1330. The molecule has 0 amide bonds. The molecule has 0 aliphatic rings. The average Bonchev–Trinajstić information content (AvgIpc) is 3.51. The van der Waals surface area contributed by atoms with Crippen LogP contribution < -0.4 is 9.62 Å². The van der Waals surface area contributed by atoms with E-state index < -0.39 is 10.0 Å². The second kappa shape index (κ2) is 8.04. The molecule has 3 aromatic heterocycles. The smallest absolute Gasteiger partial charge is 0.267 e. The van der Waals surface area contributed by atoms with E-state index >= 15 is 0 Å². The number of aryl methyl sites for hydroxylation is 1. The van der Waals surface area contributed by atoms with Crippen molar-refractivity contribution in [1.82, 2.24) is 4.98 Å². The van der Waals surface area contributed by atoms with E-state index in [-0.39, 0.29) is 40.4 Å². The minimum Gasteiger partial charge on any atom is -0.467 e. The number of sulfonamides is 1. The molecular weight excluding hydrogens is 420 g/mol. The molecule has 0 radical (unpaired) electrons. The first kappa shape index (κ1) is 20.3. The zero-order valence-electron chi connectivity index (χ0n) is 16.7. The van der Waals surface area contributed by atoms with Gasteiger partial charge in [0.15, 0.2) is 5.76 Å². The van der Waals surface area contributed by atoms with Crippen molar-refractivity contribution in [2.75, 3.05) is 16.7 Å². The number of nitrogens with zero attached hydrogens (tertiary/aromatic N) is 3. The first-order chi connectivity index (χ1) is 14.9. The van der Waals surface area contributed by atoms with Crippen molar-refractivity contribution in [1.29, 1.82) is 5.26 Å². The van der Waals surface area contributed by atoms with E-state index in [1.54, 1.807) is 49.4 Å². The van der Waals surface area contributed by atoms with Crippen LogP contribution in [0.4, 0.5) is 11.6 Å². The lowest BCUT2D eigenvalue weighted by molar-refractivity contribution is 0.494. The molecule has 0 unspecified atom stereocenters. The number of benzene rings is 1. The number of hydrogen-bond acceptors (Lipinski definition) is 8. The number of nitriles is 1. The molecule has 158 valence electrons. The fourth-order valence-corrected chi connectivity index (χ4v) is 4.31. The molecule has 4 rings (SSSR count). The maximum absolute atomic E-state index is 13.1. The summed E-state index contributed by atoms with van der Waals surface area (Å²) in [6.45, 7) is 1.83. The predicted octanol–water partition coefficient (Wildman–Crippen LogP) is 4.14. The summed E-state index contributed by atoms with van der Waals surface area (Å²) in [5.41, 5.74) is 0.526. The number of rotatable bonds is 7. The molecule has 0 saturated carbocycles. The van der Waals surface area contributed by atoms with Gasteiger partial charge < -0.3 is 18.6 Å². The Morgan fingerprint density at radius 3 is 2.61 bits per heavy atom. The van der Waals surface area contributed by atoms with Crippen molar-refractivity contribution in [2.24, 2.45) is 0 Å². The number of oxazole rings is 1. The summed E-state index contributed by atoms with van der Waals surface area (Å²) in [7, 11) is -2.42. The summed E-state index contributed by atoms with van der Waals surface area (Å²) in [5.74, 6) is 1.05. The summed E-state index contributed by atoms with van der Waals surface area (Å²) in [5, 5.41) is 12.3. The van der Waals surface area contributed by atoms with E-state index in [1.165, 1.54) is 23.7 Å². The van der Waals surface area contributed by atoms with Gasteiger partial charge in [0.25, 0.3) is 15.9 Å². The molecule has 4 aromatic rings. The van der Waals surface area contributed by atoms with Crippen LogP contribution in [0.1, 0.15) is 17.2 Å². The first-order valence-corrected chi connectivity index (χ1v) is 10.7. The second-order valence-electron chi connectivity index (χ2n) is 6.58. The zero-order valence-corrected chi connectivity index (χ0v) is 17.5. The van der Waals surface area contributed by atoms with Crippen molar-refractivity contribution in [3.63, 3.8) is 0 Å². The summed E-state index contributed by atoms with van der Waals surface area (Å²) in [6.07, 6.45) is 1.54. The van der Waals surface area contributed by atoms with Crippen LogP contribution in [0.15, 0.2) is 72.9 Å². The van der Waals surface area contributed by atoms with Gasteiger partial charge >= 0.3 is 0 Å². The Labute approximate surface area is 178 Å². The monoisotopic (exact) mass is 438 g/mol. The maximum atomic E-state index is 13.1. The van der Waals surface area contributed by atoms with Gasteiger partial charge in [0.2, 0.25) is 11.6 Å². The minimum absolute atomic E-state index is 0.00888. The molecular formula is C21H18N4O5S. The Morgan fingerprint density at radius 1 is 1.16 bits per heavy atom. The van der Waals surface area contributed by atoms with Crippen LogP contribution in [0.25, 0.3) is 11.7 Å². The van der Waals surface area contributed by atoms with Crippen molar-refractivity contribution in [2.45, 2.75) is 18.4 Å². The molecule has 0 fully saturated rings. The topological polar surface area (TPSA) is 126 Å². The lowest BCUT2D eigenvalue weighted by Crippen LogP contribution is -2.26. The van der Waals surface area contributed by atoms with Crippen LogP contribution >= 0.6 is 0 Å². The summed E-state index contributed by atoms with van der Waals surface area (Å²) in [4.78, 5) is 4.10. The average molecular weight is 438 g/mol. The third-order valence-corrected chi connectivity index (χ3v) is 6.47. The molecule has 1 N–H and O–H groups in total. The van der Waals surface area contributed by atoms with Gasteiger partial charge in [-0.05, 0) is 31.2 Å². The summed E-state index contributed by atoms with van der Waals surface area (Å²) < 4.78 is 43.9. The highest BCUT2D eigenvalue weighted by atomic mass is 32.2. The Balaban J connectivity index is 1.64. The number of para-hydroxylation sites is 1. The molecule has 0 bridgehead atoms. The van der Waals surface area contributed by atoms with Gasteiger partial charge in [-0.3, -0.25) is 4.31 Å². The summed E-state index contributed by atoms with van der Waals surface area (Å²) in [6, 6.07) is 15.5. The lowest BCUT2D eigenvalue weighted by Gasteiger charge is -2.18. The molecule has 0 atom stereocenters. The Hall–Kier alpha value is -3.97. The molecule has 1 aromatic carbocycles. The van der Waals surface area contributed by atoms with Gasteiger partial charge in [-0.15, -0.1) is 0 Å². The van der Waals surface area contributed by atoms with Gasteiger partial charge in [0.05, 0.1) is 18.5 Å². The van der Waals surface area contributed by atoms with Crippen LogP contribution in [0.2, 0.25) is 0 Å². The van der Waals surface area contributed by atoms with Crippen LogP contribution in [0, 0.1) is 18.3 Å². The molecule has 0 spiro atoms. The van der Waals surface area contributed by atoms with Gasteiger partial charge in [0, 0.05) is 13.1 Å². The van der Waals surface area contributed by atoms with Crippen molar-refractivity contribution in [3.8, 4) is 17.7 Å². The first-order valence-electron chi connectivity index (χ1n) is 9.22. The van der Waals surface area contributed by atoms with Crippen LogP contribution in [-0.4, -0.2) is 20.4 Å². The largest absolute Gasteiger partial charge is 0.467 e. The van der Waals surface area contributed by atoms with E-state index in [1.807, 2.05) is 6.07 Å². The normalized spacial score (nSPS) is 11.3. The molecule has 31 heavy (non-hydrogen) atoms. The highest BCUT2D eigenvalue weighted by Crippen LogP contribution is 2.33. The maximum Gasteiger partial charge on any atom is 0.267 e. The van der Waals surface area contributed by atoms with Gasteiger partial charge in [-0.2, -0.15) is 10.2 Å². The second-order valence-corrected chi connectivity index (χ2v) is 8.52. The van der Waals surface area contributed by atoms with Gasteiger partial charge in [0.1, 0.15) is 22.5 Å². The van der Waals surface area contributed by atoms with E-state index in [0.29, 0.717) is 11.4 Å². The fraction of sp³-hybridized carbons (Fsp3) is 0.143. The van der Waals surface area contributed by atoms with Crippen LogP contribution in [0.3, 0.4) is 0 Å². The van der Waals surface area contributed by atoms with Crippen molar-refractivity contribution < 1.29 is 21.7 Å². The highest BCUT2D eigenvalue weighted by Gasteiger charge is 2.28. The molecule has 3 heterocycles. The Kier molecular flexibility index (Phi) is 5.27. The fourth-order valence-electron chi connectivity index (χ4n) is 2.95. The highest BCUT2D eigenvalue weighted by molar-refractivity contribution is 7.92. The van der Waals surface area contributed by atoms with Crippen LogP contribution in [-0.2, 0) is 16.6 Å². The number of nitrogens with one attached hydrogen (secondary N) is 1. The SMILES string of the molecule is Cc1oc(-c2nc(C#N)c(NCc3ccco3)o2)cc1S(=O)(=O)N(C)c1ccccc1. The zero-order chi connectivity index (χ0) is 22.0. The van der Waals surface area contributed by atoms with E-state index in [9.17, 15) is 13.7 Å². The van der Waals surface area contributed by atoms with E-state index in [2.05, 4.69) is 10.3 Å². The molecule has 9 nitrogen and oxygen atoms in total. The van der Waals surface area contributed by atoms with Crippen LogP contribution in [0.5, 0.6) is 0 Å². The van der Waals surface area contributed by atoms with Gasteiger partial charge in [-0.1, -0.05) is 18.2 Å². The third-order valence-electron chi connectivity index (χ3n) is 4.58. The van der Waals surface area contributed by atoms with Gasteiger partial charge in [-0.25, -0.2) is 8.42 Å². The predicted molar refractivity (Wildman–Crippen MR) is 112 cm³/mol.